The fraction of sp³-hybridized carbons (Fsp3) is 0.0833. The maximum Gasteiger partial charge on any atom is 0.335 e. The van der Waals surface area contributed by atoms with Gasteiger partial charge in [-0.25, -0.2) is 9.59 Å². The molecule has 0 fully saturated rings. The molecule has 1 amide bonds. The van der Waals surface area contributed by atoms with Gasteiger partial charge in [0.15, 0.2) is 0 Å². The van der Waals surface area contributed by atoms with E-state index in [1.807, 2.05) is 0 Å². The van der Waals surface area contributed by atoms with Gasteiger partial charge in [-0.3, -0.25) is 4.79 Å². The van der Waals surface area contributed by atoms with E-state index in [2.05, 4.69) is 5.32 Å². The molecule has 0 spiro atoms. The Hall–Kier alpha value is -2.63. The van der Waals surface area contributed by atoms with Crippen LogP contribution in [0.4, 0.5) is 5.69 Å². The summed E-state index contributed by atoms with van der Waals surface area (Å²) in [5.74, 6) is -2.99. The normalized spacial score (nSPS) is 10.3. The van der Waals surface area contributed by atoms with Crippen molar-refractivity contribution in [2.24, 2.45) is 0 Å². The van der Waals surface area contributed by atoms with Gasteiger partial charge in [0.25, 0.3) is 0 Å². The van der Waals surface area contributed by atoms with E-state index in [1.54, 1.807) is 6.92 Å². The van der Waals surface area contributed by atoms with Gasteiger partial charge < -0.3 is 15.5 Å². The Kier molecular flexibility index (Phi) is 4.20. The zero-order chi connectivity index (χ0) is 13.7. The van der Waals surface area contributed by atoms with Gasteiger partial charge in [-0.15, -0.1) is 0 Å². The van der Waals surface area contributed by atoms with Crippen molar-refractivity contribution in [3.05, 3.63) is 41.5 Å². The number of amides is 1. The van der Waals surface area contributed by atoms with Crippen LogP contribution >= 0.6 is 0 Å². The van der Waals surface area contributed by atoms with Gasteiger partial charge >= 0.3 is 11.9 Å². The molecule has 18 heavy (non-hydrogen) atoms. The summed E-state index contributed by atoms with van der Waals surface area (Å²) in [5, 5.41) is 20.0. The predicted molar refractivity (Wildman–Crippen MR) is 63.8 cm³/mol. The molecule has 6 heteroatoms. The predicted octanol–water partition coefficient (Wildman–Crippen LogP) is 1.60. The van der Waals surface area contributed by atoms with Gasteiger partial charge in [0.05, 0.1) is 11.1 Å². The van der Waals surface area contributed by atoms with Crippen LogP contribution < -0.4 is 5.32 Å². The first-order chi connectivity index (χ1) is 8.43. The average Bonchev–Trinajstić information content (AvgIpc) is 2.28. The van der Waals surface area contributed by atoms with Gasteiger partial charge in [-0.05, 0) is 31.2 Å². The molecule has 0 atom stereocenters. The number of aromatic carboxylic acids is 2. The average molecular weight is 249 g/mol. The second kappa shape index (κ2) is 5.62. The number of allylic oxidation sites excluding steroid dienone is 1. The van der Waals surface area contributed by atoms with Crippen molar-refractivity contribution in [1.29, 1.82) is 0 Å². The van der Waals surface area contributed by atoms with E-state index in [9.17, 15) is 14.4 Å². The maximum atomic E-state index is 11.3. The van der Waals surface area contributed by atoms with Crippen molar-refractivity contribution < 1.29 is 24.6 Å². The number of nitrogens with one attached hydrogen (secondary N) is 1. The molecule has 0 heterocycles. The number of hydrogen-bond acceptors (Lipinski definition) is 3. The number of carbonyl (C=O) groups is 3. The fourth-order valence-electron chi connectivity index (χ4n) is 1.28. The van der Waals surface area contributed by atoms with Gasteiger partial charge in [-0.1, -0.05) is 6.08 Å². The van der Waals surface area contributed by atoms with Crippen LogP contribution in [0.2, 0.25) is 0 Å². The maximum absolute atomic E-state index is 11.3. The lowest BCUT2D eigenvalue weighted by molar-refractivity contribution is -0.111. The highest BCUT2D eigenvalue weighted by molar-refractivity contribution is 6.02. The third-order valence-electron chi connectivity index (χ3n) is 2.01. The molecule has 0 radical (unpaired) electrons. The molecular weight excluding hydrogens is 238 g/mol. The van der Waals surface area contributed by atoms with Crippen molar-refractivity contribution >= 4 is 23.5 Å². The smallest absolute Gasteiger partial charge is 0.335 e. The molecule has 0 aromatic heterocycles. The molecule has 3 N–H and O–H groups in total. The third kappa shape index (κ3) is 3.44. The topological polar surface area (TPSA) is 104 Å². The number of carboxylic acids is 2. The highest BCUT2D eigenvalue weighted by Crippen LogP contribution is 2.15. The lowest BCUT2D eigenvalue weighted by atomic mass is 10.1. The number of carbonyl (C=O) groups excluding carboxylic acids is 1. The number of hydrogen-bond donors (Lipinski definition) is 3. The summed E-state index contributed by atoms with van der Waals surface area (Å²) in [7, 11) is 0. The lowest BCUT2D eigenvalue weighted by Crippen LogP contribution is -2.10. The van der Waals surface area contributed by atoms with E-state index in [0.29, 0.717) is 0 Å². The standard InChI is InChI=1S/C12H11NO5/c1-2-3-10(14)13-9-5-7(11(15)16)4-8(6-9)12(17)18/h2-6H,1H3,(H,13,14)(H,15,16)(H,17,18). The van der Waals surface area contributed by atoms with Crippen molar-refractivity contribution in [2.75, 3.05) is 5.32 Å². The van der Waals surface area contributed by atoms with Crippen molar-refractivity contribution in [3.63, 3.8) is 0 Å². The van der Waals surface area contributed by atoms with Crippen LogP contribution in [0.5, 0.6) is 0 Å². The Bertz CT molecular complexity index is 501. The van der Waals surface area contributed by atoms with Gasteiger partial charge in [-0.2, -0.15) is 0 Å². The molecule has 1 aromatic rings. The van der Waals surface area contributed by atoms with E-state index >= 15 is 0 Å². The van der Waals surface area contributed by atoms with Gasteiger partial charge in [0.2, 0.25) is 5.91 Å². The summed E-state index contributed by atoms with van der Waals surface area (Å²) in [6, 6.07) is 3.41. The highest BCUT2D eigenvalue weighted by Gasteiger charge is 2.12. The molecule has 0 saturated carbocycles. The number of anilines is 1. The minimum atomic E-state index is -1.26. The Morgan fingerprint density at radius 1 is 1.06 bits per heavy atom. The van der Waals surface area contributed by atoms with Crippen LogP contribution in [0.3, 0.4) is 0 Å². The third-order valence-corrected chi connectivity index (χ3v) is 2.01. The van der Waals surface area contributed by atoms with Crippen LogP contribution in [0, 0.1) is 0 Å². The molecule has 0 bridgehead atoms. The molecule has 94 valence electrons. The first-order valence-corrected chi connectivity index (χ1v) is 4.99. The van der Waals surface area contributed by atoms with Crippen LogP contribution in [0.1, 0.15) is 27.6 Å². The molecule has 1 rings (SSSR count). The van der Waals surface area contributed by atoms with Crippen LogP contribution in [0.15, 0.2) is 30.4 Å². The second-order valence-electron chi connectivity index (χ2n) is 3.40. The van der Waals surface area contributed by atoms with E-state index in [4.69, 9.17) is 10.2 Å². The zero-order valence-corrected chi connectivity index (χ0v) is 9.51. The van der Waals surface area contributed by atoms with Crippen molar-refractivity contribution in [3.8, 4) is 0 Å². The molecule has 0 saturated heterocycles. The quantitative estimate of drug-likeness (QED) is 0.703. The Morgan fingerprint density at radius 3 is 1.94 bits per heavy atom. The summed E-state index contributed by atoms with van der Waals surface area (Å²) in [6.45, 7) is 1.65. The van der Waals surface area contributed by atoms with E-state index in [1.165, 1.54) is 24.3 Å². The van der Waals surface area contributed by atoms with Crippen LogP contribution in [0.25, 0.3) is 0 Å². The monoisotopic (exact) mass is 249 g/mol. The Morgan fingerprint density at radius 2 is 1.56 bits per heavy atom. The Labute approximate surface area is 103 Å². The Balaban J connectivity index is 3.15. The van der Waals surface area contributed by atoms with E-state index in [0.717, 1.165) is 6.07 Å². The number of carboxylic acid groups (broad SMARTS) is 2. The van der Waals surface area contributed by atoms with Crippen LogP contribution in [-0.4, -0.2) is 28.1 Å². The number of benzene rings is 1. The fourth-order valence-corrected chi connectivity index (χ4v) is 1.28. The second-order valence-corrected chi connectivity index (χ2v) is 3.40. The summed E-state index contributed by atoms with van der Waals surface area (Å²) in [4.78, 5) is 32.9. The minimum absolute atomic E-state index is 0.121. The van der Waals surface area contributed by atoms with Crippen molar-refractivity contribution in [2.45, 2.75) is 6.92 Å². The largest absolute Gasteiger partial charge is 0.478 e. The molecule has 1 aromatic carbocycles. The highest BCUT2D eigenvalue weighted by atomic mass is 16.4. The molecule has 6 nitrogen and oxygen atoms in total. The van der Waals surface area contributed by atoms with Gasteiger partial charge in [0.1, 0.15) is 0 Å². The van der Waals surface area contributed by atoms with Crippen molar-refractivity contribution in [1.82, 2.24) is 0 Å². The molecule has 0 unspecified atom stereocenters. The summed E-state index contributed by atoms with van der Waals surface area (Å²) in [5.41, 5.74) is -0.285. The van der Waals surface area contributed by atoms with Gasteiger partial charge in [0, 0.05) is 5.69 Å². The SMILES string of the molecule is CC=CC(=O)Nc1cc(C(=O)O)cc(C(=O)O)c1. The molecular formula is C12H11NO5. The summed E-state index contributed by atoms with van der Waals surface area (Å²) < 4.78 is 0. The summed E-state index contributed by atoms with van der Waals surface area (Å²) in [6.07, 6.45) is 2.75. The number of rotatable bonds is 4. The first kappa shape index (κ1) is 13.4. The lowest BCUT2D eigenvalue weighted by Gasteiger charge is -2.05. The minimum Gasteiger partial charge on any atom is -0.478 e. The molecule has 0 aliphatic heterocycles. The first-order valence-electron chi connectivity index (χ1n) is 4.99. The van der Waals surface area contributed by atoms with Crippen LogP contribution in [-0.2, 0) is 4.79 Å². The molecule has 0 aliphatic rings. The van der Waals surface area contributed by atoms with E-state index < -0.39 is 17.8 Å². The van der Waals surface area contributed by atoms with E-state index in [-0.39, 0.29) is 16.8 Å². The zero-order valence-electron chi connectivity index (χ0n) is 9.51. The molecule has 0 aliphatic carbocycles. The summed E-state index contributed by atoms with van der Waals surface area (Å²) >= 11 is 0.